The highest BCUT2D eigenvalue weighted by Gasteiger charge is 2.29. The van der Waals surface area contributed by atoms with Crippen LogP contribution in [0, 0.1) is 0 Å². The van der Waals surface area contributed by atoms with Gasteiger partial charge in [-0.2, -0.15) is 0 Å². The lowest BCUT2D eigenvalue weighted by Crippen LogP contribution is -2.40. The molecule has 0 fully saturated rings. The molecule has 0 saturated carbocycles. The number of aromatic nitrogens is 3. The average Bonchev–Trinajstić information content (AvgIpc) is 3.16. The average molecular weight is 382 g/mol. The second kappa shape index (κ2) is 7.17. The number of fused-ring (bicyclic) bond motifs is 2. The van der Waals surface area contributed by atoms with Gasteiger partial charge in [0.2, 0.25) is 0 Å². The van der Waals surface area contributed by atoms with Crippen LogP contribution in [0.2, 0.25) is 0 Å². The molecule has 5 heteroatoms. The highest BCUT2D eigenvalue weighted by Crippen LogP contribution is 2.25. The van der Waals surface area contributed by atoms with Gasteiger partial charge >= 0.3 is 0 Å². The molecule has 144 valence electrons. The maximum absolute atomic E-state index is 13.2. The minimum absolute atomic E-state index is 0.0430. The topological polar surface area (TPSA) is 51.0 Å². The van der Waals surface area contributed by atoms with Crippen LogP contribution < -0.4 is 0 Å². The molecule has 3 aromatic carbocycles. The normalized spacial score (nSPS) is 16.0. The summed E-state index contributed by atoms with van der Waals surface area (Å²) < 4.78 is 2.19. The molecule has 5 rings (SSSR count). The van der Waals surface area contributed by atoms with E-state index in [4.69, 9.17) is 0 Å². The molecule has 0 unspecified atom stereocenters. The molecule has 29 heavy (non-hydrogen) atoms. The lowest BCUT2D eigenvalue weighted by molar-refractivity contribution is 0.0680. The minimum atomic E-state index is 0.0430. The van der Waals surface area contributed by atoms with E-state index in [1.807, 2.05) is 59.5 Å². The molecule has 1 aliphatic heterocycles. The van der Waals surface area contributed by atoms with Crippen LogP contribution in [-0.4, -0.2) is 32.1 Å². The minimum Gasteiger partial charge on any atom is -0.329 e. The number of carbonyl (C=O) groups excluding carboxylic acids is 1. The summed E-state index contributed by atoms with van der Waals surface area (Å²) in [6.45, 7) is 3.26. The van der Waals surface area contributed by atoms with Crippen LogP contribution in [0.1, 0.15) is 40.5 Å². The van der Waals surface area contributed by atoms with Crippen LogP contribution in [0.5, 0.6) is 0 Å². The molecule has 2 heterocycles. The summed E-state index contributed by atoms with van der Waals surface area (Å²) in [7, 11) is 0. The van der Waals surface area contributed by atoms with Crippen molar-refractivity contribution >= 4 is 16.7 Å². The van der Waals surface area contributed by atoms with Crippen molar-refractivity contribution in [2.45, 2.75) is 25.9 Å². The predicted molar refractivity (Wildman–Crippen MR) is 113 cm³/mol. The molecule has 1 atom stereocenters. The van der Waals surface area contributed by atoms with Gasteiger partial charge in [0, 0.05) is 18.5 Å². The smallest absolute Gasteiger partial charge is 0.254 e. The Hall–Kier alpha value is -3.47. The fraction of sp³-hybridized carbons (Fsp3) is 0.208. The van der Waals surface area contributed by atoms with Crippen molar-refractivity contribution in [3.63, 3.8) is 0 Å². The van der Waals surface area contributed by atoms with Gasteiger partial charge < -0.3 is 9.47 Å². The molecule has 0 bridgehead atoms. The Morgan fingerprint density at radius 1 is 0.966 bits per heavy atom. The molecule has 1 aliphatic rings. The first kappa shape index (κ1) is 17.6. The first-order valence-corrected chi connectivity index (χ1v) is 9.94. The highest BCUT2D eigenvalue weighted by molar-refractivity contribution is 5.98. The van der Waals surface area contributed by atoms with Gasteiger partial charge in [0.1, 0.15) is 5.82 Å². The van der Waals surface area contributed by atoms with Gasteiger partial charge in [0.15, 0.2) is 5.82 Å². The summed E-state index contributed by atoms with van der Waals surface area (Å²) in [4.78, 5) is 15.0. The number of rotatable bonds is 3. The van der Waals surface area contributed by atoms with Crippen molar-refractivity contribution in [2.24, 2.45) is 0 Å². The van der Waals surface area contributed by atoms with Crippen molar-refractivity contribution < 1.29 is 4.79 Å². The van der Waals surface area contributed by atoms with Crippen LogP contribution in [-0.2, 0) is 13.0 Å². The van der Waals surface area contributed by atoms with Crippen molar-refractivity contribution in [1.29, 1.82) is 0 Å². The second-order valence-corrected chi connectivity index (χ2v) is 7.66. The van der Waals surface area contributed by atoms with Crippen LogP contribution in [0.25, 0.3) is 10.8 Å². The summed E-state index contributed by atoms with van der Waals surface area (Å²) in [6, 6.07) is 24.4. The Labute approximate surface area is 169 Å². The van der Waals surface area contributed by atoms with E-state index in [1.54, 1.807) is 0 Å². The van der Waals surface area contributed by atoms with Crippen molar-refractivity contribution in [2.75, 3.05) is 6.54 Å². The van der Waals surface area contributed by atoms with Gasteiger partial charge in [-0.15, -0.1) is 10.2 Å². The van der Waals surface area contributed by atoms with E-state index < -0.39 is 0 Å². The molecule has 0 aliphatic carbocycles. The number of hydrogen-bond donors (Lipinski definition) is 0. The maximum Gasteiger partial charge on any atom is 0.254 e. The van der Waals surface area contributed by atoms with Gasteiger partial charge in [-0.05, 0) is 35.4 Å². The Kier molecular flexibility index (Phi) is 4.35. The van der Waals surface area contributed by atoms with E-state index in [1.165, 1.54) is 5.56 Å². The van der Waals surface area contributed by atoms with Crippen LogP contribution in [0.15, 0.2) is 72.8 Å². The summed E-state index contributed by atoms with van der Waals surface area (Å²) in [5, 5.41) is 11.0. The monoisotopic (exact) mass is 382 g/mol. The zero-order valence-electron chi connectivity index (χ0n) is 16.3. The van der Waals surface area contributed by atoms with Gasteiger partial charge in [0.25, 0.3) is 5.91 Å². The highest BCUT2D eigenvalue weighted by atomic mass is 16.2. The molecule has 1 aromatic heterocycles. The Morgan fingerprint density at radius 3 is 2.55 bits per heavy atom. The quantitative estimate of drug-likeness (QED) is 0.533. The zero-order chi connectivity index (χ0) is 19.8. The largest absolute Gasteiger partial charge is 0.329 e. The Balaban J connectivity index is 1.40. The summed E-state index contributed by atoms with van der Waals surface area (Å²) in [5.74, 6) is 1.85. The number of nitrogens with zero attached hydrogens (tertiary/aromatic N) is 4. The van der Waals surface area contributed by atoms with Crippen LogP contribution in [0.3, 0.4) is 0 Å². The number of amides is 1. The van der Waals surface area contributed by atoms with Crippen LogP contribution >= 0.6 is 0 Å². The van der Waals surface area contributed by atoms with Crippen molar-refractivity contribution in [3.05, 3.63) is 95.6 Å². The molecule has 0 spiro atoms. The molecule has 0 saturated heterocycles. The van der Waals surface area contributed by atoms with E-state index in [-0.39, 0.29) is 11.9 Å². The molecule has 0 N–H and O–H groups in total. The lowest BCUT2D eigenvalue weighted by Gasteiger charge is -2.32. The molecule has 1 amide bonds. The number of hydrogen-bond acceptors (Lipinski definition) is 3. The van der Waals surface area contributed by atoms with Crippen molar-refractivity contribution in [1.82, 2.24) is 19.7 Å². The maximum atomic E-state index is 13.2. The van der Waals surface area contributed by atoms with E-state index in [9.17, 15) is 4.79 Å². The molecular weight excluding hydrogens is 360 g/mol. The molecule has 5 nitrogen and oxygen atoms in total. The standard InChI is InChI=1S/C24H22N4O/c1-17-15-27(24(29)21-12-11-19-9-5-6-10-20(19)14-21)16-23-26-25-22(28(17)23)13-18-7-3-2-4-8-18/h2-12,14,17H,13,15-16H2,1H3/t17-/m0/s1. The van der Waals surface area contributed by atoms with E-state index >= 15 is 0 Å². The summed E-state index contributed by atoms with van der Waals surface area (Å²) >= 11 is 0. The second-order valence-electron chi connectivity index (χ2n) is 7.66. The first-order valence-electron chi connectivity index (χ1n) is 9.94. The van der Waals surface area contributed by atoms with Gasteiger partial charge in [-0.3, -0.25) is 4.79 Å². The van der Waals surface area contributed by atoms with E-state index in [2.05, 4.69) is 39.9 Å². The van der Waals surface area contributed by atoms with Gasteiger partial charge in [-0.1, -0.05) is 60.7 Å². The fourth-order valence-corrected chi connectivity index (χ4v) is 4.17. The summed E-state index contributed by atoms with van der Waals surface area (Å²) in [5.41, 5.74) is 1.93. The van der Waals surface area contributed by atoms with E-state index in [0.717, 1.165) is 28.8 Å². The number of carbonyl (C=O) groups is 1. The molecular formula is C24H22N4O. The third-order valence-electron chi connectivity index (χ3n) is 5.58. The van der Waals surface area contributed by atoms with Gasteiger partial charge in [0.05, 0.1) is 12.6 Å². The Bertz CT molecular complexity index is 1180. The first-order chi connectivity index (χ1) is 14.2. The van der Waals surface area contributed by atoms with Crippen molar-refractivity contribution in [3.8, 4) is 0 Å². The molecule has 0 radical (unpaired) electrons. The zero-order valence-corrected chi connectivity index (χ0v) is 16.3. The third kappa shape index (κ3) is 3.29. The fourth-order valence-electron chi connectivity index (χ4n) is 4.17. The summed E-state index contributed by atoms with van der Waals surface area (Å²) in [6.07, 6.45) is 0.747. The Morgan fingerprint density at radius 2 is 1.72 bits per heavy atom. The SMILES string of the molecule is C[C@H]1CN(C(=O)c2ccc3ccccc3c2)Cc2nnc(Cc3ccccc3)n21. The number of benzene rings is 3. The van der Waals surface area contributed by atoms with Crippen LogP contribution in [0.4, 0.5) is 0 Å². The van der Waals surface area contributed by atoms with E-state index in [0.29, 0.717) is 18.7 Å². The molecule has 4 aromatic rings. The predicted octanol–water partition coefficient (Wildman–Crippen LogP) is 4.24. The lowest BCUT2D eigenvalue weighted by atomic mass is 10.1. The van der Waals surface area contributed by atoms with Gasteiger partial charge in [-0.25, -0.2) is 0 Å². The third-order valence-corrected chi connectivity index (χ3v) is 5.58.